The van der Waals surface area contributed by atoms with Gasteiger partial charge in [-0.25, -0.2) is 0 Å². The van der Waals surface area contributed by atoms with Gasteiger partial charge in [-0.15, -0.1) is 12.4 Å². The van der Waals surface area contributed by atoms with Crippen molar-refractivity contribution in [2.24, 2.45) is 5.92 Å². The minimum absolute atomic E-state index is 0. The van der Waals surface area contributed by atoms with Crippen molar-refractivity contribution in [1.82, 2.24) is 10.2 Å². The van der Waals surface area contributed by atoms with E-state index in [2.05, 4.69) is 40.5 Å². The molecule has 1 amide bonds. The summed E-state index contributed by atoms with van der Waals surface area (Å²) in [4.78, 5) is 14.4. The summed E-state index contributed by atoms with van der Waals surface area (Å²) in [5.74, 6) is 1.15. The summed E-state index contributed by atoms with van der Waals surface area (Å²) in [6.07, 6.45) is 7.88. The van der Waals surface area contributed by atoms with Gasteiger partial charge in [-0.1, -0.05) is 30.3 Å². The molecular formula is C19H29ClN2O. The van der Waals surface area contributed by atoms with Crippen molar-refractivity contribution in [3.63, 3.8) is 0 Å². The van der Waals surface area contributed by atoms with Crippen LogP contribution in [0.3, 0.4) is 0 Å². The largest absolute Gasteiger partial charge is 0.343 e. The van der Waals surface area contributed by atoms with Crippen LogP contribution in [0.1, 0.15) is 44.1 Å². The number of benzene rings is 1. The summed E-state index contributed by atoms with van der Waals surface area (Å²) in [5, 5.41) is 3.43. The summed E-state index contributed by atoms with van der Waals surface area (Å²) in [5.41, 5.74) is 1.44. The lowest BCUT2D eigenvalue weighted by Crippen LogP contribution is -2.41. The van der Waals surface area contributed by atoms with Gasteiger partial charge in [0.25, 0.3) is 0 Å². The molecule has 3 rings (SSSR count). The van der Waals surface area contributed by atoms with Gasteiger partial charge in [0, 0.05) is 25.6 Å². The Morgan fingerprint density at radius 3 is 2.52 bits per heavy atom. The molecule has 0 spiro atoms. The van der Waals surface area contributed by atoms with E-state index in [1.54, 1.807) is 0 Å². The number of nitrogens with one attached hydrogen (secondary N) is 1. The zero-order valence-electron chi connectivity index (χ0n) is 13.9. The number of aryl methyl sites for hydroxylation is 1. The third-order valence-electron chi connectivity index (χ3n) is 5.23. The first-order valence-electron chi connectivity index (χ1n) is 8.86. The SMILES string of the molecule is Cl.O=C(CC1CCCN1)N1CCC(CCc2ccccc2)CC1. The predicted molar refractivity (Wildman–Crippen MR) is 97.0 cm³/mol. The quantitative estimate of drug-likeness (QED) is 0.893. The second-order valence-electron chi connectivity index (χ2n) is 6.85. The Morgan fingerprint density at radius 1 is 1.13 bits per heavy atom. The molecule has 4 heteroatoms. The molecule has 2 aliphatic heterocycles. The second-order valence-corrected chi connectivity index (χ2v) is 6.85. The van der Waals surface area contributed by atoms with E-state index in [0.29, 0.717) is 18.4 Å². The average molecular weight is 337 g/mol. The van der Waals surface area contributed by atoms with E-state index in [1.807, 2.05) is 0 Å². The number of hydrogen-bond donors (Lipinski definition) is 1. The van der Waals surface area contributed by atoms with E-state index in [4.69, 9.17) is 0 Å². The summed E-state index contributed by atoms with van der Waals surface area (Å²) < 4.78 is 0. The lowest BCUT2D eigenvalue weighted by Gasteiger charge is -2.32. The number of carbonyl (C=O) groups is 1. The third-order valence-corrected chi connectivity index (χ3v) is 5.23. The van der Waals surface area contributed by atoms with Gasteiger partial charge in [-0.3, -0.25) is 4.79 Å². The van der Waals surface area contributed by atoms with Crippen molar-refractivity contribution in [3.05, 3.63) is 35.9 Å². The van der Waals surface area contributed by atoms with Crippen LogP contribution in [-0.4, -0.2) is 36.5 Å². The van der Waals surface area contributed by atoms with Crippen LogP contribution >= 0.6 is 12.4 Å². The van der Waals surface area contributed by atoms with Crippen molar-refractivity contribution in [2.75, 3.05) is 19.6 Å². The third kappa shape index (κ3) is 5.50. The van der Waals surface area contributed by atoms with Gasteiger partial charge in [-0.2, -0.15) is 0 Å². The fourth-order valence-electron chi connectivity index (χ4n) is 3.76. The highest BCUT2D eigenvalue weighted by atomic mass is 35.5. The first-order valence-corrected chi connectivity index (χ1v) is 8.86. The van der Waals surface area contributed by atoms with Crippen LogP contribution in [0.4, 0.5) is 0 Å². The fourth-order valence-corrected chi connectivity index (χ4v) is 3.76. The number of amides is 1. The number of rotatable bonds is 5. The van der Waals surface area contributed by atoms with E-state index in [9.17, 15) is 4.79 Å². The fraction of sp³-hybridized carbons (Fsp3) is 0.632. The van der Waals surface area contributed by atoms with Crippen molar-refractivity contribution in [3.8, 4) is 0 Å². The van der Waals surface area contributed by atoms with Crippen molar-refractivity contribution >= 4 is 18.3 Å². The maximum atomic E-state index is 12.3. The van der Waals surface area contributed by atoms with Crippen LogP contribution in [0.15, 0.2) is 30.3 Å². The molecule has 0 aliphatic carbocycles. The van der Waals surface area contributed by atoms with E-state index in [1.165, 1.54) is 44.1 Å². The summed E-state index contributed by atoms with van der Waals surface area (Å²) in [7, 11) is 0. The molecule has 1 atom stereocenters. The van der Waals surface area contributed by atoms with Crippen LogP contribution in [-0.2, 0) is 11.2 Å². The molecule has 0 radical (unpaired) electrons. The van der Waals surface area contributed by atoms with Crippen LogP contribution in [0.25, 0.3) is 0 Å². The number of likely N-dealkylation sites (tertiary alicyclic amines) is 1. The summed E-state index contributed by atoms with van der Waals surface area (Å²) >= 11 is 0. The van der Waals surface area contributed by atoms with Crippen LogP contribution in [0.2, 0.25) is 0 Å². The zero-order chi connectivity index (χ0) is 15.2. The number of halogens is 1. The smallest absolute Gasteiger partial charge is 0.224 e. The Bertz CT molecular complexity index is 466. The molecule has 1 unspecified atom stereocenters. The molecule has 0 saturated carbocycles. The molecule has 0 bridgehead atoms. The standard InChI is InChI=1S/C19H28N2O.ClH/c22-19(15-18-7-4-12-20-18)21-13-10-17(11-14-21)9-8-16-5-2-1-3-6-16;/h1-3,5-6,17-18,20H,4,7-15H2;1H. The van der Waals surface area contributed by atoms with Gasteiger partial charge in [0.15, 0.2) is 0 Å². The average Bonchev–Trinajstić information content (AvgIpc) is 3.07. The molecule has 1 N–H and O–H groups in total. The maximum absolute atomic E-state index is 12.3. The lowest BCUT2D eigenvalue weighted by molar-refractivity contribution is -0.133. The Morgan fingerprint density at radius 2 is 1.87 bits per heavy atom. The molecule has 0 aromatic heterocycles. The first-order chi connectivity index (χ1) is 10.8. The van der Waals surface area contributed by atoms with E-state index in [-0.39, 0.29) is 12.4 Å². The number of carbonyl (C=O) groups excluding carboxylic acids is 1. The number of hydrogen-bond acceptors (Lipinski definition) is 2. The molecule has 3 nitrogen and oxygen atoms in total. The van der Waals surface area contributed by atoms with E-state index < -0.39 is 0 Å². The summed E-state index contributed by atoms with van der Waals surface area (Å²) in [6.45, 7) is 3.01. The van der Waals surface area contributed by atoms with Gasteiger partial charge in [0.2, 0.25) is 5.91 Å². The zero-order valence-corrected chi connectivity index (χ0v) is 14.7. The van der Waals surface area contributed by atoms with E-state index >= 15 is 0 Å². The Balaban J connectivity index is 0.00000192. The molecule has 1 aromatic carbocycles. The molecular weight excluding hydrogens is 308 g/mol. The second kappa shape index (κ2) is 9.29. The van der Waals surface area contributed by atoms with Crippen LogP contribution < -0.4 is 5.32 Å². The van der Waals surface area contributed by atoms with Crippen molar-refractivity contribution in [1.29, 1.82) is 0 Å². The van der Waals surface area contributed by atoms with Gasteiger partial charge in [0.05, 0.1) is 0 Å². The van der Waals surface area contributed by atoms with Crippen LogP contribution in [0, 0.1) is 5.92 Å². The maximum Gasteiger partial charge on any atom is 0.224 e. The molecule has 2 saturated heterocycles. The Hall–Kier alpha value is -1.06. The monoisotopic (exact) mass is 336 g/mol. The van der Waals surface area contributed by atoms with Crippen molar-refractivity contribution in [2.45, 2.75) is 51.0 Å². The Labute approximate surface area is 146 Å². The normalized spacial score (nSPS) is 21.9. The molecule has 23 heavy (non-hydrogen) atoms. The molecule has 128 valence electrons. The molecule has 1 aromatic rings. The van der Waals surface area contributed by atoms with Gasteiger partial charge in [0.1, 0.15) is 0 Å². The highest BCUT2D eigenvalue weighted by molar-refractivity contribution is 5.85. The van der Waals surface area contributed by atoms with Crippen molar-refractivity contribution < 1.29 is 4.79 Å². The molecule has 2 aliphatic rings. The number of piperidine rings is 1. The first kappa shape index (κ1) is 18.3. The highest BCUT2D eigenvalue weighted by Gasteiger charge is 2.25. The number of nitrogens with zero attached hydrogens (tertiary/aromatic N) is 1. The highest BCUT2D eigenvalue weighted by Crippen LogP contribution is 2.23. The van der Waals surface area contributed by atoms with Gasteiger partial charge >= 0.3 is 0 Å². The molecule has 2 fully saturated rings. The van der Waals surface area contributed by atoms with Gasteiger partial charge < -0.3 is 10.2 Å². The van der Waals surface area contributed by atoms with Gasteiger partial charge in [-0.05, 0) is 56.6 Å². The van der Waals surface area contributed by atoms with Crippen LogP contribution in [0.5, 0.6) is 0 Å². The molecule has 2 heterocycles. The van der Waals surface area contributed by atoms with E-state index in [0.717, 1.165) is 25.6 Å². The topological polar surface area (TPSA) is 32.3 Å². The Kier molecular flexibility index (Phi) is 7.38. The summed E-state index contributed by atoms with van der Waals surface area (Å²) in [6, 6.07) is 11.2. The minimum Gasteiger partial charge on any atom is -0.343 e. The lowest BCUT2D eigenvalue weighted by atomic mass is 9.90. The minimum atomic E-state index is 0. The predicted octanol–water partition coefficient (Wildman–Crippen LogP) is 3.42.